The molecule has 21 heavy (non-hydrogen) atoms. The average molecular weight is 312 g/mol. The van der Waals surface area contributed by atoms with Gasteiger partial charge in [-0.1, -0.05) is 11.6 Å². The second kappa shape index (κ2) is 6.80. The van der Waals surface area contributed by atoms with Gasteiger partial charge in [0.05, 0.1) is 5.92 Å². The Labute approximate surface area is 128 Å². The molecule has 0 radical (unpaired) electrons. The van der Waals surface area contributed by atoms with Crippen LogP contribution in [0.15, 0.2) is 24.3 Å². The first kappa shape index (κ1) is 15.6. The van der Waals surface area contributed by atoms with E-state index < -0.39 is 12.1 Å². The summed E-state index contributed by atoms with van der Waals surface area (Å²) in [6, 6.07) is 6.69. The summed E-state index contributed by atoms with van der Waals surface area (Å²) < 4.78 is 5.53. The van der Waals surface area contributed by atoms with E-state index in [2.05, 4.69) is 5.32 Å². The van der Waals surface area contributed by atoms with E-state index in [1.165, 1.54) is 0 Å². The minimum atomic E-state index is -0.794. The Morgan fingerprint density at radius 3 is 2.57 bits per heavy atom. The molecule has 5 nitrogen and oxygen atoms in total. The van der Waals surface area contributed by atoms with Crippen LogP contribution in [-0.2, 0) is 9.59 Å². The fourth-order valence-corrected chi connectivity index (χ4v) is 2.55. The minimum absolute atomic E-state index is 0.0881. The average Bonchev–Trinajstić information content (AvgIpc) is 2.90. The van der Waals surface area contributed by atoms with Gasteiger partial charge in [-0.05, 0) is 50.5 Å². The van der Waals surface area contributed by atoms with E-state index in [4.69, 9.17) is 21.4 Å². The lowest BCUT2D eigenvalue weighted by Crippen LogP contribution is -2.41. The van der Waals surface area contributed by atoms with Gasteiger partial charge >= 0.3 is 5.97 Å². The van der Waals surface area contributed by atoms with E-state index in [1.54, 1.807) is 31.2 Å². The Bertz CT molecular complexity index is 517. The number of ether oxygens (including phenoxy) is 1. The molecule has 0 aromatic heterocycles. The molecule has 6 heteroatoms. The van der Waals surface area contributed by atoms with Crippen LogP contribution in [0.1, 0.15) is 26.2 Å². The molecule has 3 atom stereocenters. The third kappa shape index (κ3) is 4.36. The number of carbonyl (C=O) groups is 2. The molecule has 1 aromatic rings. The molecular weight excluding hydrogens is 294 g/mol. The van der Waals surface area contributed by atoms with Crippen LogP contribution < -0.4 is 10.1 Å². The quantitative estimate of drug-likeness (QED) is 0.876. The third-order valence-electron chi connectivity index (χ3n) is 3.62. The molecule has 0 saturated heterocycles. The summed E-state index contributed by atoms with van der Waals surface area (Å²) in [5.74, 6) is -0.821. The molecule has 2 rings (SSSR count). The smallest absolute Gasteiger partial charge is 0.306 e. The van der Waals surface area contributed by atoms with Gasteiger partial charge in [0.2, 0.25) is 0 Å². The second-order valence-corrected chi connectivity index (χ2v) is 5.70. The molecule has 1 unspecified atom stereocenters. The summed E-state index contributed by atoms with van der Waals surface area (Å²) >= 11 is 5.78. The van der Waals surface area contributed by atoms with Crippen molar-refractivity contribution in [3.8, 4) is 5.75 Å². The molecule has 0 bridgehead atoms. The number of rotatable bonds is 5. The Kier molecular flexibility index (Phi) is 5.07. The Morgan fingerprint density at radius 2 is 2.00 bits per heavy atom. The summed E-state index contributed by atoms with van der Waals surface area (Å²) in [5.41, 5.74) is 0. The molecule has 1 aliphatic rings. The van der Waals surface area contributed by atoms with Gasteiger partial charge in [0.15, 0.2) is 6.10 Å². The molecular formula is C15H18ClNO4. The number of hydrogen-bond acceptors (Lipinski definition) is 3. The van der Waals surface area contributed by atoms with E-state index in [9.17, 15) is 9.59 Å². The fraction of sp³-hybridized carbons (Fsp3) is 0.467. The Hall–Kier alpha value is -1.75. The molecule has 1 fully saturated rings. The van der Waals surface area contributed by atoms with Crippen molar-refractivity contribution in [1.82, 2.24) is 5.32 Å². The number of carboxylic acids is 1. The van der Waals surface area contributed by atoms with Gasteiger partial charge in [0.25, 0.3) is 5.91 Å². The number of hydrogen-bond donors (Lipinski definition) is 2. The van der Waals surface area contributed by atoms with Gasteiger partial charge in [-0.25, -0.2) is 0 Å². The number of nitrogens with one attached hydrogen (secondary N) is 1. The molecule has 0 spiro atoms. The van der Waals surface area contributed by atoms with E-state index in [1.807, 2.05) is 0 Å². The topological polar surface area (TPSA) is 75.6 Å². The first-order valence-electron chi connectivity index (χ1n) is 6.91. The van der Waals surface area contributed by atoms with Crippen molar-refractivity contribution in [2.75, 3.05) is 0 Å². The van der Waals surface area contributed by atoms with Crippen LogP contribution in [0.25, 0.3) is 0 Å². The lowest BCUT2D eigenvalue weighted by Gasteiger charge is -2.18. The highest BCUT2D eigenvalue weighted by atomic mass is 35.5. The second-order valence-electron chi connectivity index (χ2n) is 5.27. The molecule has 114 valence electrons. The molecule has 1 aromatic carbocycles. The summed E-state index contributed by atoms with van der Waals surface area (Å²) in [5, 5.41) is 12.4. The number of halogens is 1. The third-order valence-corrected chi connectivity index (χ3v) is 3.88. The van der Waals surface area contributed by atoms with Crippen LogP contribution in [-0.4, -0.2) is 29.1 Å². The minimum Gasteiger partial charge on any atom is -0.481 e. The van der Waals surface area contributed by atoms with Crippen LogP contribution in [0.3, 0.4) is 0 Å². The van der Waals surface area contributed by atoms with E-state index in [-0.39, 0.29) is 17.9 Å². The van der Waals surface area contributed by atoms with Gasteiger partial charge in [-0.15, -0.1) is 0 Å². The monoisotopic (exact) mass is 311 g/mol. The van der Waals surface area contributed by atoms with Crippen molar-refractivity contribution < 1.29 is 19.4 Å². The lowest BCUT2D eigenvalue weighted by atomic mass is 10.1. The Balaban J connectivity index is 1.83. The number of aliphatic carboxylic acids is 1. The van der Waals surface area contributed by atoms with Crippen molar-refractivity contribution in [2.45, 2.75) is 38.3 Å². The van der Waals surface area contributed by atoms with Gasteiger partial charge < -0.3 is 15.2 Å². The van der Waals surface area contributed by atoms with Gasteiger partial charge in [0.1, 0.15) is 5.75 Å². The van der Waals surface area contributed by atoms with Gasteiger partial charge in [0, 0.05) is 11.1 Å². The van der Waals surface area contributed by atoms with Crippen LogP contribution in [0, 0.1) is 5.92 Å². The zero-order chi connectivity index (χ0) is 15.4. The zero-order valence-corrected chi connectivity index (χ0v) is 12.5. The maximum Gasteiger partial charge on any atom is 0.306 e. The van der Waals surface area contributed by atoms with Crippen LogP contribution >= 0.6 is 11.6 Å². The SMILES string of the molecule is CC(Oc1ccc(Cl)cc1)C(=O)N[C@H]1CC[C@@H](C(=O)O)C1. The first-order chi connectivity index (χ1) is 9.95. The molecule has 1 aliphatic carbocycles. The molecule has 2 N–H and O–H groups in total. The van der Waals surface area contributed by atoms with Crippen molar-refractivity contribution in [3.05, 3.63) is 29.3 Å². The highest BCUT2D eigenvalue weighted by Crippen LogP contribution is 2.25. The molecule has 1 amide bonds. The highest BCUT2D eigenvalue weighted by Gasteiger charge is 2.31. The van der Waals surface area contributed by atoms with E-state index >= 15 is 0 Å². The fourth-order valence-electron chi connectivity index (χ4n) is 2.43. The number of benzene rings is 1. The normalized spacial score (nSPS) is 22.6. The van der Waals surface area contributed by atoms with Crippen LogP contribution in [0.5, 0.6) is 5.75 Å². The standard InChI is InChI=1S/C15H18ClNO4/c1-9(21-13-6-3-11(16)4-7-13)14(18)17-12-5-2-10(8-12)15(19)20/h3-4,6-7,9-10,12H,2,5,8H2,1H3,(H,17,18)(H,19,20)/t9?,10-,12+/m1/s1. The summed E-state index contributed by atoms with van der Waals surface area (Å²) in [6.45, 7) is 1.66. The Morgan fingerprint density at radius 1 is 1.33 bits per heavy atom. The predicted octanol–water partition coefficient (Wildman–Crippen LogP) is 2.48. The maximum absolute atomic E-state index is 12.0. The van der Waals surface area contributed by atoms with Crippen LogP contribution in [0.2, 0.25) is 5.02 Å². The zero-order valence-electron chi connectivity index (χ0n) is 11.7. The number of amides is 1. The summed E-state index contributed by atoms with van der Waals surface area (Å²) in [7, 11) is 0. The van der Waals surface area contributed by atoms with Crippen molar-refractivity contribution in [1.29, 1.82) is 0 Å². The summed E-state index contributed by atoms with van der Waals surface area (Å²) in [4.78, 5) is 22.9. The molecule has 0 aliphatic heterocycles. The number of carbonyl (C=O) groups excluding carboxylic acids is 1. The largest absolute Gasteiger partial charge is 0.481 e. The molecule has 0 heterocycles. The number of carboxylic acid groups (broad SMARTS) is 1. The van der Waals surface area contributed by atoms with E-state index in [0.29, 0.717) is 30.0 Å². The van der Waals surface area contributed by atoms with Crippen molar-refractivity contribution >= 4 is 23.5 Å². The summed E-state index contributed by atoms with van der Waals surface area (Å²) in [6.07, 6.45) is 1.13. The van der Waals surface area contributed by atoms with E-state index in [0.717, 1.165) is 0 Å². The first-order valence-corrected chi connectivity index (χ1v) is 7.29. The van der Waals surface area contributed by atoms with Gasteiger partial charge in [-0.3, -0.25) is 9.59 Å². The molecule has 1 saturated carbocycles. The van der Waals surface area contributed by atoms with Gasteiger partial charge in [-0.2, -0.15) is 0 Å². The van der Waals surface area contributed by atoms with Crippen LogP contribution in [0.4, 0.5) is 0 Å². The van der Waals surface area contributed by atoms with Crippen molar-refractivity contribution in [3.63, 3.8) is 0 Å². The van der Waals surface area contributed by atoms with Crippen molar-refractivity contribution in [2.24, 2.45) is 5.92 Å². The highest BCUT2D eigenvalue weighted by molar-refractivity contribution is 6.30. The maximum atomic E-state index is 12.0. The predicted molar refractivity (Wildman–Crippen MR) is 78.4 cm³/mol. The lowest BCUT2D eigenvalue weighted by molar-refractivity contribution is -0.141.